The van der Waals surface area contributed by atoms with Gasteiger partial charge < -0.3 is 9.72 Å². The van der Waals surface area contributed by atoms with E-state index in [1.165, 1.54) is 16.4 Å². The van der Waals surface area contributed by atoms with Crippen LogP contribution in [0.5, 0.6) is 0 Å². The van der Waals surface area contributed by atoms with E-state index in [0.717, 1.165) is 5.69 Å². The molecule has 1 aromatic carbocycles. The Kier molecular flexibility index (Phi) is 1.68. The fraction of sp³-hybridized carbons (Fsp3) is 0.0769. The number of anilines is 1. The summed E-state index contributed by atoms with van der Waals surface area (Å²) < 4.78 is 2.21. The second kappa shape index (κ2) is 3.02. The van der Waals surface area contributed by atoms with Gasteiger partial charge in [0.15, 0.2) is 0 Å². The van der Waals surface area contributed by atoms with Crippen molar-refractivity contribution in [3.05, 3.63) is 48.7 Å². The zero-order chi connectivity index (χ0) is 10.3. The van der Waals surface area contributed by atoms with Crippen molar-refractivity contribution in [3.63, 3.8) is 0 Å². The summed E-state index contributed by atoms with van der Waals surface area (Å²) in [5, 5.41) is 4.49. The third kappa shape index (κ3) is 1.11. The molecule has 3 rings (SSSR count). The predicted molar refractivity (Wildman–Crippen MR) is 64.4 cm³/mol. The fourth-order valence-electron chi connectivity index (χ4n) is 2.07. The van der Waals surface area contributed by atoms with Gasteiger partial charge in [-0.05, 0) is 24.3 Å². The second-order valence-electron chi connectivity index (χ2n) is 3.63. The first-order valence-electron chi connectivity index (χ1n) is 5.07. The van der Waals surface area contributed by atoms with Crippen molar-refractivity contribution < 1.29 is 0 Å². The maximum atomic E-state index is 3.21. The largest absolute Gasteiger partial charge is 0.386 e. The first kappa shape index (κ1) is 8.36. The summed E-state index contributed by atoms with van der Waals surface area (Å²) in [6, 6.07) is 14.8. The minimum atomic E-state index is 1.16. The molecule has 2 heteroatoms. The standard InChI is InChI=1S/C13H12N2/c1-14-11-6-4-8-15-12-7-3-2-5-10(12)9-13(11)15/h2-9,14H,1H3. The molecule has 0 atom stereocenters. The number of benzene rings is 1. The molecule has 0 bridgehead atoms. The number of para-hydroxylation sites is 1. The van der Waals surface area contributed by atoms with Crippen LogP contribution in [0.4, 0.5) is 5.69 Å². The normalized spacial score (nSPS) is 11.0. The molecule has 0 spiro atoms. The maximum Gasteiger partial charge on any atom is 0.0694 e. The second-order valence-corrected chi connectivity index (χ2v) is 3.63. The number of fused-ring (bicyclic) bond motifs is 3. The SMILES string of the molecule is CNc1cccn2c1cc1ccccc12. The molecule has 15 heavy (non-hydrogen) atoms. The molecule has 3 aromatic rings. The molecule has 2 aromatic heterocycles. The summed E-state index contributed by atoms with van der Waals surface area (Å²) in [6.45, 7) is 0. The Morgan fingerprint density at radius 1 is 1.00 bits per heavy atom. The van der Waals surface area contributed by atoms with Crippen molar-refractivity contribution in [2.24, 2.45) is 0 Å². The van der Waals surface area contributed by atoms with Crippen molar-refractivity contribution in [3.8, 4) is 0 Å². The smallest absolute Gasteiger partial charge is 0.0694 e. The Labute approximate surface area is 88.1 Å². The monoisotopic (exact) mass is 196 g/mol. The molecule has 0 amide bonds. The van der Waals surface area contributed by atoms with Crippen LogP contribution in [0.25, 0.3) is 16.4 Å². The molecule has 0 unspecified atom stereocenters. The summed E-state index contributed by atoms with van der Waals surface area (Å²) in [7, 11) is 1.95. The lowest BCUT2D eigenvalue weighted by molar-refractivity contribution is 1.25. The summed E-state index contributed by atoms with van der Waals surface area (Å²) in [6.07, 6.45) is 2.10. The van der Waals surface area contributed by atoms with Gasteiger partial charge in [-0.15, -0.1) is 0 Å². The van der Waals surface area contributed by atoms with Gasteiger partial charge in [0.25, 0.3) is 0 Å². The maximum absolute atomic E-state index is 3.21. The van der Waals surface area contributed by atoms with Crippen LogP contribution in [0, 0.1) is 0 Å². The zero-order valence-corrected chi connectivity index (χ0v) is 8.57. The van der Waals surface area contributed by atoms with Crippen molar-refractivity contribution >= 4 is 22.1 Å². The van der Waals surface area contributed by atoms with E-state index < -0.39 is 0 Å². The average molecular weight is 196 g/mol. The fourth-order valence-corrected chi connectivity index (χ4v) is 2.07. The van der Waals surface area contributed by atoms with E-state index in [-0.39, 0.29) is 0 Å². The number of nitrogens with one attached hydrogen (secondary N) is 1. The lowest BCUT2D eigenvalue weighted by Crippen LogP contribution is -1.91. The highest BCUT2D eigenvalue weighted by atomic mass is 14.9. The summed E-state index contributed by atoms with van der Waals surface area (Å²) in [5.74, 6) is 0. The van der Waals surface area contributed by atoms with Gasteiger partial charge in [-0.25, -0.2) is 0 Å². The molecule has 0 aliphatic heterocycles. The van der Waals surface area contributed by atoms with Crippen LogP contribution < -0.4 is 5.32 Å². The van der Waals surface area contributed by atoms with E-state index in [0.29, 0.717) is 0 Å². The first-order chi connectivity index (χ1) is 7.40. The molecular weight excluding hydrogens is 184 g/mol. The minimum absolute atomic E-state index is 1.16. The third-order valence-corrected chi connectivity index (χ3v) is 2.79. The van der Waals surface area contributed by atoms with Gasteiger partial charge in [-0.2, -0.15) is 0 Å². The molecule has 0 saturated heterocycles. The van der Waals surface area contributed by atoms with Crippen LogP contribution in [-0.2, 0) is 0 Å². The molecule has 74 valence electrons. The number of nitrogens with zero attached hydrogens (tertiary/aromatic N) is 1. The van der Waals surface area contributed by atoms with Gasteiger partial charge >= 0.3 is 0 Å². The molecule has 0 saturated carbocycles. The molecule has 2 heterocycles. The van der Waals surface area contributed by atoms with E-state index in [1.54, 1.807) is 0 Å². The highest BCUT2D eigenvalue weighted by Crippen LogP contribution is 2.24. The van der Waals surface area contributed by atoms with Crippen molar-refractivity contribution in [1.29, 1.82) is 0 Å². The van der Waals surface area contributed by atoms with Gasteiger partial charge in [0.05, 0.1) is 16.7 Å². The molecular formula is C13H12N2. The summed E-state index contributed by atoms with van der Waals surface area (Å²) >= 11 is 0. The molecule has 1 N–H and O–H groups in total. The Balaban J connectivity index is 2.53. The zero-order valence-electron chi connectivity index (χ0n) is 8.57. The van der Waals surface area contributed by atoms with E-state index in [4.69, 9.17) is 0 Å². The number of rotatable bonds is 1. The van der Waals surface area contributed by atoms with Gasteiger partial charge in [0, 0.05) is 18.6 Å². The van der Waals surface area contributed by atoms with Crippen LogP contribution in [0.1, 0.15) is 0 Å². The van der Waals surface area contributed by atoms with Crippen LogP contribution in [0.2, 0.25) is 0 Å². The van der Waals surface area contributed by atoms with E-state index in [2.05, 4.69) is 58.4 Å². The van der Waals surface area contributed by atoms with Crippen LogP contribution in [0.3, 0.4) is 0 Å². The number of hydrogen-bond donors (Lipinski definition) is 1. The lowest BCUT2D eigenvalue weighted by Gasteiger charge is -2.03. The van der Waals surface area contributed by atoms with E-state index in [9.17, 15) is 0 Å². The van der Waals surface area contributed by atoms with Gasteiger partial charge in [0.1, 0.15) is 0 Å². The average Bonchev–Trinajstić information content (AvgIpc) is 2.67. The molecule has 0 radical (unpaired) electrons. The quantitative estimate of drug-likeness (QED) is 0.632. The topological polar surface area (TPSA) is 16.4 Å². The number of pyridine rings is 1. The lowest BCUT2D eigenvalue weighted by atomic mass is 10.2. The van der Waals surface area contributed by atoms with Crippen LogP contribution >= 0.6 is 0 Å². The minimum Gasteiger partial charge on any atom is -0.386 e. The Morgan fingerprint density at radius 2 is 1.87 bits per heavy atom. The Hall–Kier alpha value is -1.96. The third-order valence-electron chi connectivity index (χ3n) is 2.79. The first-order valence-corrected chi connectivity index (χ1v) is 5.07. The molecule has 2 nitrogen and oxygen atoms in total. The molecule has 0 fully saturated rings. The number of aromatic nitrogens is 1. The van der Waals surface area contributed by atoms with E-state index in [1.807, 2.05) is 7.05 Å². The van der Waals surface area contributed by atoms with Crippen LogP contribution in [0.15, 0.2) is 48.7 Å². The Morgan fingerprint density at radius 3 is 2.73 bits per heavy atom. The van der Waals surface area contributed by atoms with Crippen LogP contribution in [-0.4, -0.2) is 11.4 Å². The van der Waals surface area contributed by atoms with Crippen molar-refractivity contribution in [2.75, 3.05) is 12.4 Å². The van der Waals surface area contributed by atoms with Crippen molar-refractivity contribution in [2.45, 2.75) is 0 Å². The molecule has 0 aliphatic rings. The summed E-state index contributed by atoms with van der Waals surface area (Å²) in [4.78, 5) is 0. The van der Waals surface area contributed by atoms with Gasteiger partial charge in [-0.3, -0.25) is 0 Å². The predicted octanol–water partition coefficient (Wildman–Crippen LogP) is 3.13. The summed E-state index contributed by atoms with van der Waals surface area (Å²) in [5.41, 5.74) is 3.64. The highest BCUT2D eigenvalue weighted by Gasteiger charge is 2.03. The van der Waals surface area contributed by atoms with E-state index >= 15 is 0 Å². The Bertz CT molecular complexity index is 623. The van der Waals surface area contributed by atoms with Gasteiger partial charge in [0.2, 0.25) is 0 Å². The van der Waals surface area contributed by atoms with Crippen molar-refractivity contribution in [1.82, 2.24) is 4.40 Å². The number of hydrogen-bond acceptors (Lipinski definition) is 1. The molecule has 0 aliphatic carbocycles. The van der Waals surface area contributed by atoms with Gasteiger partial charge in [-0.1, -0.05) is 18.2 Å². The highest BCUT2D eigenvalue weighted by molar-refractivity contribution is 5.91.